The molecule has 1 aliphatic heterocycles. The molecule has 1 unspecified atom stereocenters. The van der Waals surface area contributed by atoms with Gasteiger partial charge in [0.1, 0.15) is 23.1 Å². The van der Waals surface area contributed by atoms with Gasteiger partial charge in [-0.25, -0.2) is 4.39 Å². The average molecular weight is 496 g/mol. The number of amides is 1. The van der Waals surface area contributed by atoms with Gasteiger partial charge in [0.05, 0.1) is 31.4 Å². The second-order valence-electron chi connectivity index (χ2n) is 7.99. The van der Waals surface area contributed by atoms with Crippen molar-refractivity contribution in [3.63, 3.8) is 0 Å². The van der Waals surface area contributed by atoms with Crippen molar-refractivity contribution in [1.82, 2.24) is 4.90 Å². The molecule has 1 fully saturated rings. The van der Waals surface area contributed by atoms with E-state index in [1.165, 1.54) is 49.5 Å². The van der Waals surface area contributed by atoms with Crippen LogP contribution in [-0.2, 0) is 16.0 Å². The average Bonchev–Trinajstić information content (AvgIpc) is 3.13. The van der Waals surface area contributed by atoms with Crippen LogP contribution in [0.1, 0.15) is 22.7 Å². The number of benzene rings is 3. The summed E-state index contributed by atoms with van der Waals surface area (Å²) in [7, 11) is 2.90. The Balaban J connectivity index is 1.82. The second kappa shape index (κ2) is 10.2. The van der Waals surface area contributed by atoms with E-state index >= 15 is 0 Å². The summed E-state index contributed by atoms with van der Waals surface area (Å²) < 4.78 is 24.3. The topological polar surface area (TPSA) is 76.1 Å². The highest BCUT2D eigenvalue weighted by atomic mass is 35.5. The lowest BCUT2D eigenvalue weighted by Gasteiger charge is -2.25. The van der Waals surface area contributed by atoms with E-state index in [0.29, 0.717) is 28.5 Å². The summed E-state index contributed by atoms with van der Waals surface area (Å²) in [5, 5.41) is 11.9. The normalized spacial score (nSPS) is 17.0. The summed E-state index contributed by atoms with van der Waals surface area (Å²) in [6, 6.07) is 16.5. The molecule has 1 N–H and O–H groups in total. The maximum atomic E-state index is 13.7. The number of likely N-dealkylation sites (tertiary alicyclic amines) is 1. The zero-order valence-corrected chi connectivity index (χ0v) is 19.9. The SMILES string of the molecule is COc1ccc(OC)c(/C(O)=C2\C(=O)C(=O)N(CCc3ccc(Cl)cc3)C2c2ccc(F)cc2)c1. The first-order chi connectivity index (χ1) is 16.8. The van der Waals surface area contributed by atoms with E-state index < -0.39 is 29.3 Å². The van der Waals surface area contributed by atoms with Gasteiger partial charge < -0.3 is 19.5 Å². The zero-order chi connectivity index (χ0) is 25.1. The highest BCUT2D eigenvalue weighted by Crippen LogP contribution is 2.41. The summed E-state index contributed by atoms with van der Waals surface area (Å²) in [5.74, 6) is -1.71. The van der Waals surface area contributed by atoms with Gasteiger partial charge in [-0.2, -0.15) is 0 Å². The lowest BCUT2D eigenvalue weighted by atomic mass is 9.94. The molecule has 6 nitrogen and oxygen atoms in total. The Bertz CT molecular complexity index is 1290. The third kappa shape index (κ3) is 4.86. The number of hydrogen-bond acceptors (Lipinski definition) is 5. The van der Waals surface area contributed by atoms with Crippen molar-refractivity contribution in [3.05, 3.63) is 99.8 Å². The van der Waals surface area contributed by atoms with Crippen LogP contribution in [0.15, 0.2) is 72.3 Å². The summed E-state index contributed by atoms with van der Waals surface area (Å²) in [4.78, 5) is 27.7. The van der Waals surface area contributed by atoms with Crippen LogP contribution in [0.25, 0.3) is 5.76 Å². The maximum Gasteiger partial charge on any atom is 0.295 e. The van der Waals surface area contributed by atoms with Crippen molar-refractivity contribution in [1.29, 1.82) is 0 Å². The molecular formula is C27H23ClFNO5. The van der Waals surface area contributed by atoms with Crippen molar-refractivity contribution in [3.8, 4) is 11.5 Å². The Morgan fingerprint density at radius 1 is 1.00 bits per heavy atom. The van der Waals surface area contributed by atoms with Gasteiger partial charge in [0.2, 0.25) is 0 Å². The zero-order valence-electron chi connectivity index (χ0n) is 19.1. The third-order valence-electron chi connectivity index (χ3n) is 5.94. The minimum absolute atomic E-state index is 0.107. The van der Waals surface area contributed by atoms with E-state index in [9.17, 15) is 19.1 Å². The molecule has 0 spiro atoms. The Morgan fingerprint density at radius 2 is 1.69 bits per heavy atom. The predicted octanol–water partition coefficient (Wildman–Crippen LogP) is 5.16. The molecule has 1 saturated heterocycles. The molecule has 8 heteroatoms. The Morgan fingerprint density at radius 3 is 2.31 bits per heavy atom. The van der Waals surface area contributed by atoms with E-state index in [1.54, 1.807) is 24.3 Å². The first-order valence-corrected chi connectivity index (χ1v) is 11.2. The van der Waals surface area contributed by atoms with Gasteiger partial charge in [-0.3, -0.25) is 9.59 Å². The van der Waals surface area contributed by atoms with E-state index in [2.05, 4.69) is 0 Å². The largest absolute Gasteiger partial charge is 0.507 e. The first kappa shape index (κ1) is 24.3. The summed E-state index contributed by atoms with van der Waals surface area (Å²) >= 11 is 5.96. The van der Waals surface area contributed by atoms with Crippen LogP contribution in [0.5, 0.6) is 11.5 Å². The molecule has 0 aliphatic carbocycles. The van der Waals surface area contributed by atoms with Gasteiger partial charge >= 0.3 is 0 Å². The van der Waals surface area contributed by atoms with Crippen LogP contribution < -0.4 is 9.47 Å². The number of aliphatic hydroxyl groups is 1. The number of halogens is 2. The first-order valence-electron chi connectivity index (χ1n) is 10.8. The Labute approximate surface area is 207 Å². The van der Waals surface area contributed by atoms with Crippen LogP contribution >= 0.6 is 11.6 Å². The number of ether oxygens (including phenoxy) is 2. The molecule has 180 valence electrons. The third-order valence-corrected chi connectivity index (χ3v) is 6.19. The standard InChI is InChI=1S/C27H23ClFNO5/c1-34-20-11-12-22(35-2)21(15-20)25(31)23-24(17-5-9-19(29)10-6-17)30(27(33)26(23)32)14-13-16-3-7-18(28)8-4-16/h3-12,15,24,31H,13-14H2,1-2H3/b25-23+. The monoisotopic (exact) mass is 495 g/mol. The summed E-state index contributed by atoms with van der Waals surface area (Å²) in [6.07, 6.45) is 0.449. The number of carbonyl (C=O) groups is 2. The minimum atomic E-state index is -0.918. The van der Waals surface area contributed by atoms with Crippen LogP contribution in [0.2, 0.25) is 5.02 Å². The number of rotatable bonds is 7. The smallest absolute Gasteiger partial charge is 0.295 e. The fraction of sp³-hybridized carbons (Fsp3) is 0.185. The molecule has 0 bridgehead atoms. The van der Waals surface area contributed by atoms with E-state index in [1.807, 2.05) is 12.1 Å². The van der Waals surface area contributed by atoms with Crippen molar-refractivity contribution in [2.24, 2.45) is 0 Å². The van der Waals surface area contributed by atoms with Crippen molar-refractivity contribution in [2.75, 3.05) is 20.8 Å². The van der Waals surface area contributed by atoms with Crippen LogP contribution in [0.3, 0.4) is 0 Å². The lowest BCUT2D eigenvalue weighted by Crippen LogP contribution is -2.31. The van der Waals surface area contributed by atoms with Crippen molar-refractivity contribution < 1.29 is 28.6 Å². The van der Waals surface area contributed by atoms with Crippen LogP contribution in [-0.4, -0.2) is 42.5 Å². The molecule has 1 aliphatic rings. The molecule has 1 heterocycles. The fourth-order valence-electron chi connectivity index (χ4n) is 4.15. The van der Waals surface area contributed by atoms with E-state index in [-0.39, 0.29) is 17.7 Å². The molecule has 0 saturated carbocycles. The van der Waals surface area contributed by atoms with Gasteiger partial charge in [0, 0.05) is 11.6 Å². The number of nitrogens with zero attached hydrogens (tertiary/aromatic N) is 1. The molecule has 4 rings (SSSR count). The van der Waals surface area contributed by atoms with Crippen LogP contribution in [0.4, 0.5) is 4.39 Å². The maximum absolute atomic E-state index is 13.7. The number of Topliss-reactive ketones (excluding diaryl/α,β-unsaturated/α-hetero) is 1. The molecule has 35 heavy (non-hydrogen) atoms. The lowest BCUT2D eigenvalue weighted by molar-refractivity contribution is -0.139. The van der Waals surface area contributed by atoms with Gasteiger partial charge in [0.15, 0.2) is 0 Å². The van der Waals surface area contributed by atoms with E-state index in [4.69, 9.17) is 21.1 Å². The number of ketones is 1. The van der Waals surface area contributed by atoms with Gasteiger partial charge in [-0.15, -0.1) is 0 Å². The van der Waals surface area contributed by atoms with Crippen LogP contribution in [0, 0.1) is 5.82 Å². The summed E-state index contributed by atoms with van der Waals surface area (Å²) in [6.45, 7) is 0.195. The molecule has 3 aromatic carbocycles. The number of aliphatic hydroxyl groups excluding tert-OH is 1. The molecule has 1 amide bonds. The minimum Gasteiger partial charge on any atom is -0.507 e. The molecule has 1 atom stereocenters. The number of methoxy groups -OCH3 is 2. The quantitative estimate of drug-likeness (QED) is 0.278. The molecule has 0 radical (unpaired) electrons. The van der Waals surface area contributed by atoms with Gasteiger partial charge in [0.25, 0.3) is 11.7 Å². The van der Waals surface area contributed by atoms with Crippen molar-refractivity contribution >= 4 is 29.1 Å². The van der Waals surface area contributed by atoms with Gasteiger partial charge in [-0.1, -0.05) is 35.9 Å². The highest BCUT2D eigenvalue weighted by molar-refractivity contribution is 6.46. The Kier molecular flexibility index (Phi) is 7.07. The number of hydrogen-bond donors (Lipinski definition) is 1. The highest BCUT2D eigenvalue weighted by Gasteiger charge is 2.46. The Hall–Kier alpha value is -3.84. The second-order valence-corrected chi connectivity index (χ2v) is 8.42. The fourth-order valence-corrected chi connectivity index (χ4v) is 4.27. The number of carbonyl (C=O) groups excluding carboxylic acids is 2. The van der Waals surface area contributed by atoms with Crippen molar-refractivity contribution in [2.45, 2.75) is 12.5 Å². The predicted molar refractivity (Wildman–Crippen MR) is 130 cm³/mol. The molecular weight excluding hydrogens is 473 g/mol. The molecule has 3 aromatic rings. The van der Waals surface area contributed by atoms with E-state index in [0.717, 1.165) is 5.56 Å². The molecule has 0 aromatic heterocycles. The summed E-state index contributed by atoms with van der Waals surface area (Å²) in [5.41, 5.74) is 1.51. The van der Waals surface area contributed by atoms with Gasteiger partial charge in [-0.05, 0) is 60.0 Å².